The van der Waals surface area contributed by atoms with E-state index in [0.717, 1.165) is 0 Å². The van der Waals surface area contributed by atoms with Crippen molar-refractivity contribution in [2.45, 2.75) is 0 Å². The van der Waals surface area contributed by atoms with Gasteiger partial charge in [0.1, 0.15) is 0 Å². The Hall–Kier alpha value is 0.783. The Morgan fingerprint density at radius 3 is 1.00 bits per heavy atom. The molecule has 0 aliphatic carbocycles. The van der Waals surface area contributed by atoms with Crippen molar-refractivity contribution in [2.75, 3.05) is 0 Å². The van der Waals surface area contributed by atoms with Crippen molar-refractivity contribution < 1.29 is 46.1 Å². The van der Waals surface area contributed by atoms with Crippen LogP contribution < -0.4 is 11.5 Å². The van der Waals surface area contributed by atoms with E-state index in [1.807, 2.05) is 0 Å². The van der Waals surface area contributed by atoms with Gasteiger partial charge in [-0.1, -0.05) is 25.3 Å². The van der Waals surface area contributed by atoms with Gasteiger partial charge in [0.05, 0.1) is 0 Å². The minimum atomic E-state index is -0.639. The van der Waals surface area contributed by atoms with E-state index in [-0.39, 0.29) is 36.5 Å². The molecule has 0 spiro atoms. The zero-order valence-corrected chi connectivity index (χ0v) is 10.6. The zero-order valence-electron chi connectivity index (χ0n) is 4.87. The van der Waals surface area contributed by atoms with Gasteiger partial charge in [0.2, 0.25) is 0 Å². The van der Waals surface area contributed by atoms with Crippen LogP contribution in [0.2, 0.25) is 0 Å². The summed E-state index contributed by atoms with van der Waals surface area (Å²) in [5, 5.41) is -1.28. The maximum atomic E-state index is 9.09. The van der Waals surface area contributed by atoms with E-state index in [1.54, 1.807) is 0 Å². The fourth-order valence-corrected chi connectivity index (χ4v) is 0. The first kappa shape index (κ1) is 22.4. The van der Waals surface area contributed by atoms with Gasteiger partial charge in [0.25, 0.3) is 10.5 Å². The summed E-state index contributed by atoms with van der Waals surface area (Å²) in [7, 11) is 0. The molecule has 0 aliphatic heterocycles. The Bertz CT molecular complexity index is 83.3. The number of carbonyl (C=O) groups excluding carboxylic acids is 2. The average Bonchev–Trinajstić information content (AvgIpc) is 1.25. The molecule has 0 unspecified atom stereocenters. The topological polar surface area (TPSA) is 86.2 Å². The normalized spacial score (nSPS) is 5.00. The van der Waals surface area contributed by atoms with Crippen molar-refractivity contribution in [1.82, 2.24) is 0 Å². The van der Waals surface area contributed by atoms with Gasteiger partial charge >= 0.3 is 0 Å². The van der Waals surface area contributed by atoms with Crippen LogP contribution in [0, 0.1) is 0 Å². The van der Waals surface area contributed by atoms with E-state index in [2.05, 4.69) is 36.7 Å². The predicted octanol–water partition coefficient (Wildman–Crippen LogP) is -0.0152. The molecule has 0 aromatic heterocycles. The predicted molar refractivity (Wildman–Crippen MR) is 37.1 cm³/mol. The second-order valence-electron chi connectivity index (χ2n) is 0.676. The van der Waals surface area contributed by atoms with E-state index in [0.29, 0.717) is 0 Å². The molecule has 0 saturated carbocycles. The maximum absolute atomic E-state index is 9.09. The number of primary amides is 2. The number of nitrogens with two attached hydrogens (primary N) is 2. The van der Waals surface area contributed by atoms with Crippen molar-refractivity contribution >= 4 is 35.7 Å². The van der Waals surface area contributed by atoms with Crippen LogP contribution in [-0.2, 0) is 36.5 Å². The molecular formula is C2H6CuN2O2S2Zn. The monoisotopic (exact) mass is 281 g/mol. The molecule has 4 nitrogen and oxygen atoms in total. The van der Waals surface area contributed by atoms with Crippen molar-refractivity contribution in [1.29, 1.82) is 0 Å². The molecular weight excluding hydrogens is 277 g/mol. The molecule has 10 heavy (non-hydrogen) atoms. The van der Waals surface area contributed by atoms with Crippen molar-refractivity contribution in [3.63, 3.8) is 0 Å². The summed E-state index contributed by atoms with van der Waals surface area (Å²) in [5.41, 5.74) is 8.67. The summed E-state index contributed by atoms with van der Waals surface area (Å²) in [6.07, 6.45) is 0. The van der Waals surface area contributed by atoms with Crippen LogP contribution in [0.4, 0.5) is 9.59 Å². The first-order chi connectivity index (χ1) is 3.46. The van der Waals surface area contributed by atoms with Crippen LogP contribution >= 0.6 is 25.3 Å². The van der Waals surface area contributed by atoms with Crippen LogP contribution in [-0.4, -0.2) is 10.5 Å². The molecule has 1 radical (unpaired) electrons. The Morgan fingerprint density at radius 1 is 1.00 bits per heavy atom. The minimum Gasteiger partial charge on any atom is -0.361 e. The largest absolute Gasteiger partial charge is 0.361 e. The standard InChI is InChI=1S/2CH3NOS.Cu.Zn/c2*2-1(3)4;;/h2*(H3,2,3,4);;. The van der Waals surface area contributed by atoms with Crippen molar-refractivity contribution in [2.24, 2.45) is 11.5 Å². The van der Waals surface area contributed by atoms with E-state index in [9.17, 15) is 0 Å². The smallest absolute Gasteiger partial charge is 0.273 e. The van der Waals surface area contributed by atoms with Crippen LogP contribution in [0.25, 0.3) is 0 Å². The van der Waals surface area contributed by atoms with Gasteiger partial charge < -0.3 is 11.5 Å². The SMILES string of the molecule is NC(=O)S.NC(=O)S.[Cu].[Zn]. The molecule has 0 saturated heterocycles. The first-order valence-electron chi connectivity index (χ1n) is 1.43. The van der Waals surface area contributed by atoms with E-state index in [1.165, 1.54) is 0 Å². The molecule has 0 heterocycles. The number of hydrogen-bond acceptors (Lipinski definition) is 2. The Kier molecular flexibility index (Phi) is 36.8. The quantitative estimate of drug-likeness (QED) is 0.372. The number of rotatable bonds is 0. The van der Waals surface area contributed by atoms with Crippen LogP contribution in [0.3, 0.4) is 0 Å². The summed E-state index contributed by atoms with van der Waals surface area (Å²) < 4.78 is 0. The third kappa shape index (κ3) is 868. The fraction of sp³-hybridized carbons (Fsp3) is 0. The van der Waals surface area contributed by atoms with Crippen LogP contribution in [0.15, 0.2) is 0 Å². The number of carbonyl (C=O) groups is 2. The molecule has 0 aliphatic rings. The molecule has 2 amide bonds. The fourth-order valence-electron chi connectivity index (χ4n) is 0. The number of hydrogen-bond donors (Lipinski definition) is 4. The third-order valence-electron chi connectivity index (χ3n) is 0. The van der Waals surface area contributed by atoms with Gasteiger partial charge in [0, 0.05) is 36.5 Å². The molecule has 61 valence electrons. The summed E-state index contributed by atoms with van der Waals surface area (Å²) in [6, 6.07) is 0. The summed E-state index contributed by atoms with van der Waals surface area (Å²) in [6.45, 7) is 0. The Balaban J connectivity index is -0.0000000300. The van der Waals surface area contributed by atoms with E-state index in [4.69, 9.17) is 9.59 Å². The number of thiol groups is 2. The Morgan fingerprint density at radius 2 is 1.00 bits per heavy atom. The Labute approximate surface area is 92.9 Å². The molecule has 0 fully saturated rings. The first-order valence-corrected chi connectivity index (χ1v) is 2.33. The third-order valence-corrected chi connectivity index (χ3v) is 0. The van der Waals surface area contributed by atoms with E-state index >= 15 is 0 Å². The molecule has 0 atom stereocenters. The molecule has 0 aromatic carbocycles. The van der Waals surface area contributed by atoms with Gasteiger partial charge in [-0.3, -0.25) is 9.59 Å². The van der Waals surface area contributed by atoms with Crippen molar-refractivity contribution in [3.05, 3.63) is 0 Å². The van der Waals surface area contributed by atoms with Gasteiger partial charge in [-0.25, -0.2) is 0 Å². The molecule has 0 aromatic rings. The van der Waals surface area contributed by atoms with Gasteiger partial charge in [-0.2, -0.15) is 0 Å². The second kappa shape index (κ2) is 16.4. The molecule has 4 N–H and O–H groups in total. The number of amides is 2. The van der Waals surface area contributed by atoms with Gasteiger partial charge in [-0.15, -0.1) is 0 Å². The zero-order chi connectivity index (χ0) is 7.15. The molecule has 0 rings (SSSR count). The van der Waals surface area contributed by atoms with Crippen LogP contribution in [0.1, 0.15) is 0 Å². The molecule has 8 heteroatoms. The van der Waals surface area contributed by atoms with Crippen LogP contribution in [0.5, 0.6) is 0 Å². The summed E-state index contributed by atoms with van der Waals surface area (Å²) >= 11 is 6.21. The van der Waals surface area contributed by atoms with Gasteiger partial charge in [-0.05, 0) is 0 Å². The van der Waals surface area contributed by atoms with Crippen molar-refractivity contribution in [3.8, 4) is 0 Å². The summed E-state index contributed by atoms with van der Waals surface area (Å²) in [4.78, 5) is 18.2. The van der Waals surface area contributed by atoms with E-state index < -0.39 is 10.5 Å². The van der Waals surface area contributed by atoms with Gasteiger partial charge in [0.15, 0.2) is 0 Å². The average molecular weight is 283 g/mol. The summed E-state index contributed by atoms with van der Waals surface area (Å²) in [5.74, 6) is 0. The minimum absolute atomic E-state index is 0. The molecule has 0 bridgehead atoms. The maximum Gasteiger partial charge on any atom is 0.273 e. The second-order valence-corrected chi connectivity index (χ2v) is 1.56.